The van der Waals surface area contributed by atoms with Crippen LogP contribution in [0, 0.1) is 0 Å². The third-order valence-corrected chi connectivity index (χ3v) is 5.57. The Balaban J connectivity index is 2.19. The summed E-state index contributed by atoms with van der Waals surface area (Å²) in [7, 11) is -4.00. The van der Waals surface area contributed by atoms with E-state index in [2.05, 4.69) is 9.62 Å². The van der Waals surface area contributed by atoms with Gasteiger partial charge in [0.1, 0.15) is 5.66 Å². The second-order valence-corrected chi connectivity index (χ2v) is 8.01. The van der Waals surface area contributed by atoms with E-state index < -0.39 is 21.9 Å². The van der Waals surface area contributed by atoms with E-state index in [1.54, 1.807) is 0 Å². The molecule has 1 heterocycles. The fraction of sp³-hybridized carbons (Fsp3) is 0.368. The first-order chi connectivity index (χ1) is 12.4. The van der Waals surface area contributed by atoms with Crippen LogP contribution in [0.2, 0.25) is 0 Å². The molecule has 0 unspecified atom stereocenters. The van der Waals surface area contributed by atoms with Crippen LogP contribution in [0.4, 0.5) is 0 Å². The number of nitrogens with one attached hydrogen (secondary N) is 1. The number of benzene rings is 2. The normalized spacial score (nSPS) is 19.6. The molecule has 7 heteroatoms. The first-order valence-electron chi connectivity index (χ1n) is 8.86. The Kier molecular flexibility index (Phi) is 5.74. The van der Waals surface area contributed by atoms with E-state index >= 15 is 0 Å². The monoisotopic (exact) mass is 374 g/mol. The maximum Gasteiger partial charge on any atom is 0.276 e. The zero-order chi connectivity index (χ0) is 18.6. The summed E-state index contributed by atoms with van der Waals surface area (Å²) in [6, 6.07) is 18.4. The number of likely N-dealkylation sites (tertiary alicyclic amines) is 1. The smallest absolute Gasteiger partial charge is 0.276 e. The van der Waals surface area contributed by atoms with Crippen LogP contribution in [-0.4, -0.2) is 26.4 Å². The summed E-state index contributed by atoms with van der Waals surface area (Å²) in [6.45, 7) is 1.50. The van der Waals surface area contributed by atoms with Crippen LogP contribution in [0.3, 0.4) is 0 Å². The molecule has 3 rings (SSSR count). The predicted octanol–water partition coefficient (Wildman–Crippen LogP) is 1.82. The lowest BCUT2D eigenvalue weighted by Crippen LogP contribution is -2.65. The highest BCUT2D eigenvalue weighted by atomic mass is 32.2. The van der Waals surface area contributed by atoms with Gasteiger partial charge in [0.2, 0.25) is 0 Å². The van der Waals surface area contributed by atoms with Crippen molar-refractivity contribution in [3.8, 4) is 0 Å². The molecule has 1 aliphatic heterocycles. The highest BCUT2D eigenvalue weighted by Gasteiger charge is 2.47. The average molecular weight is 375 g/mol. The molecule has 1 fully saturated rings. The Labute approximate surface area is 155 Å². The predicted molar refractivity (Wildman–Crippen MR) is 103 cm³/mol. The summed E-state index contributed by atoms with van der Waals surface area (Å²) in [5.74, 6) is 0. The molecule has 2 atom stereocenters. The molecular weight excluding hydrogens is 348 g/mol. The van der Waals surface area contributed by atoms with Crippen molar-refractivity contribution < 1.29 is 8.42 Å². The van der Waals surface area contributed by atoms with Gasteiger partial charge >= 0.3 is 0 Å². The van der Waals surface area contributed by atoms with Crippen molar-refractivity contribution in [1.29, 1.82) is 0 Å². The lowest BCUT2D eigenvalue weighted by atomic mass is 9.85. The maximum atomic E-state index is 12.2. The molecule has 0 radical (unpaired) electrons. The summed E-state index contributed by atoms with van der Waals surface area (Å²) in [6.07, 6.45) is 3.10. The SMILES string of the molecule is N[C@@H](c1ccccc1)[C@@](NS(N)(=O)=O)(c1ccccc1)N1CCCCC1. The van der Waals surface area contributed by atoms with E-state index in [-0.39, 0.29) is 0 Å². The lowest BCUT2D eigenvalue weighted by molar-refractivity contribution is 0.0292. The minimum Gasteiger partial charge on any atom is -0.321 e. The first kappa shape index (κ1) is 19.0. The molecule has 2 aromatic rings. The second kappa shape index (κ2) is 7.85. The first-order valence-corrected chi connectivity index (χ1v) is 10.4. The molecule has 2 aromatic carbocycles. The van der Waals surface area contributed by atoms with E-state index in [0.29, 0.717) is 0 Å². The van der Waals surface area contributed by atoms with E-state index in [1.165, 1.54) is 0 Å². The number of piperidine rings is 1. The zero-order valence-corrected chi connectivity index (χ0v) is 15.5. The van der Waals surface area contributed by atoms with Gasteiger partial charge in [0.25, 0.3) is 10.2 Å². The molecule has 1 aliphatic rings. The molecular formula is C19H26N4O2S. The van der Waals surface area contributed by atoms with Gasteiger partial charge in [-0.25, -0.2) is 5.14 Å². The third kappa shape index (κ3) is 3.97. The van der Waals surface area contributed by atoms with Gasteiger partial charge in [0.15, 0.2) is 0 Å². The Bertz CT molecular complexity index is 808. The summed E-state index contributed by atoms with van der Waals surface area (Å²) >= 11 is 0. The van der Waals surface area contributed by atoms with Crippen LogP contribution in [0.15, 0.2) is 60.7 Å². The number of nitrogens with two attached hydrogens (primary N) is 2. The minimum absolute atomic E-state index is 0.623. The van der Waals surface area contributed by atoms with Gasteiger partial charge in [-0.3, -0.25) is 4.90 Å². The van der Waals surface area contributed by atoms with Crippen molar-refractivity contribution in [2.45, 2.75) is 31.0 Å². The van der Waals surface area contributed by atoms with Gasteiger partial charge in [0.05, 0.1) is 6.04 Å². The molecule has 0 amide bonds. The van der Waals surface area contributed by atoms with Crippen LogP contribution < -0.4 is 15.6 Å². The average Bonchev–Trinajstić information content (AvgIpc) is 2.67. The Morgan fingerprint density at radius 1 is 0.923 bits per heavy atom. The van der Waals surface area contributed by atoms with Crippen LogP contribution >= 0.6 is 0 Å². The molecule has 0 aliphatic carbocycles. The molecule has 0 aromatic heterocycles. The summed E-state index contributed by atoms with van der Waals surface area (Å²) in [4.78, 5) is 2.12. The fourth-order valence-corrected chi connectivity index (χ4v) is 4.61. The maximum absolute atomic E-state index is 12.2. The molecule has 140 valence electrons. The van der Waals surface area contributed by atoms with E-state index in [0.717, 1.165) is 43.5 Å². The highest BCUT2D eigenvalue weighted by Crippen LogP contribution is 2.39. The van der Waals surface area contributed by atoms with Crippen LogP contribution in [0.1, 0.15) is 36.4 Å². The van der Waals surface area contributed by atoms with Crippen molar-refractivity contribution in [1.82, 2.24) is 9.62 Å². The van der Waals surface area contributed by atoms with E-state index in [4.69, 9.17) is 10.9 Å². The molecule has 6 nitrogen and oxygen atoms in total. The number of rotatable bonds is 6. The largest absolute Gasteiger partial charge is 0.321 e. The summed E-state index contributed by atoms with van der Waals surface area (Å²) < 4.78 is 27.1. The van der Waals surface area contributed by atoms with Gasteiger partial charge < -0.3 is 5.73 Å². The fourth-order valence-electron chi connectivity index (χ4n) is 3.80. The zero-order valence-electron chi connectivity index (χ0n) is 14.7. The molecule has 0 spiro atoms. The lowest BCUT2D eigenvalue weighted by Gasteiger charge is -2.49. The van der Waals surface area contributed by atoms with Crippen LogP contribution in [0.25, 0.3) is 0 Å². The molecule has 26 heavy (non-hydrogen) atoms. The number of hydrogen-bond donors (Lipinski definition) is 3. The van der Waals surface area contributed by atoms with Crippen molar-refractivity contribution in [3.05, 3.63) is 71.8 Å². The van der Waals surface area contributed by atoms with Crippen LogP contribution in [-0.2, 0) is 15.9 Å². The minimum atomic E-state index is -4.00. The Morgan fingerprint density at radius 2 is 1.46 bits per heavy atom. The Morgan fingerprint density at radius 3 is 2.00 bits per heavy atom. The second-order valence-electron chi connectivity index (χ2n) is 6.72. The molecule has 0 bridgehead atoms. The van der Waals surface area contributed by atoms with E-state index in [1.807, 2.05) is 60.7 Å². The van der Waals surface area contributed by atoms with Gasteiger partial charge in [-0.05, 0) is 24.0 Å². The van der Waals surface area contributed by atoms with Crippen molar-refractivity contribution in [3.63, 3.8) is 0 Å². The topological polar surface area (TPSA) is 101 Å². The Hall–Kier alpha value is -1.77. The van der Waals surface area contributed by atoms with Gasteiger partial charge in [-0.15, -0.1) is 0 Å². The number of hydrogen-bond acceptors (Lipinski definition) is 4. The van der Waals surface area contributed by atoms with Gasteiger partial charge in [0, 0.05) is 13.1 Å². The van der Waals surface area contributed by atoms with E-state index in [9.17, 15) is 8.42 Å². The quantitative estimate of drug-likeness (QED) is 0.718. The van der Waals surface area contributed by atoms with Gasteiger partial charge in [-0.2, -0.15) is 13.1 Å². The highest BCUT2D eigenvalue weighted by molar-refractivity contribution is 7.87. The van der Waals surface area contributed by atoms with Crippen molar-refractivity contribution >= 4 is 10.2 Å². The molecule has 1 saturated heterocycles. The third-order valence-electron chi connectivity index (χ3n) is 4.98. The molecule has 0 saturated carbocycles. The van der Waals surface area contributed by atoms with Gasteiger partial charge in [-0.1, -0.05) is 67.1 Å². The molecule has 5 N–H and O–H groups in total. The summed E-state index contributed by atoms with van der Waals surface area (Å²) in [5, 5.41) is 5.46. The van der Waals surface area contributed by atoms with Crippen molar-refractivity contribution in [2.75, 3.05) is 13.1 Å². The summed E-state index contributed by atoms with van der Waals surface area (Å²) in [5.41, 5.74) is 7.21. The van der Waals surface area contributed by atoms with Crippen molar-refractivity contribution in [2.24, 2.45) is 10.9 Å². The number of nitrogens with zero attached hydrogens (tertiary/aromatic N) is 1. The standard InChI is InChI=1S/C19H26N4O2S/c20-18(16-10-4-1-5-11-16)19(22-26(21,24)25,17-12-6-2-7-13-17)23-14-8-3-9-15-23/h1-2,4-7,10-13,18,22H,3,8-9,14-15,20H2,(H2,21,24,25)/t18-,19+/m0/s1. The van der Waals surface area contributed by atoms with Crippen LogP contribution in [0.5, 0.6) is 0 Å².